The van der Waals surface area contributed by atoms with Gasteiger partial charge in [-0.1, -0.05) is 11.6 Å². The molecule has 1 unspecified atom stereocenters. The van der Waals surface area contributed by atoms with Crippen molar-refractivity contribution in [3.63, 3.8) is 0 Å². The quantitative estimate of drug-likeness (QED) is 0.383. The van der Waals surface area contributed by atoms with Gasteiger partial charge in [-0.3, -0.25) is 9.69 Å². The number of carbonyl (C=O) groups excluding carboxylic acids is 1. The van der Waals surface area contributed by atoms with Crippen LogP contribution in [-0.2, 0) is 9.53 Å². The van der Waals surface area contributed by atoms with Crippen molar-refractivity contribution >= 4 is 34.8 Å². The number of hydrogen-bond acceptors (Lipinski definition) is 11. The van der Waals surface area contributed by atoms with E-state index < -0.39 is 24.8 Å². The highest BCUT2D eigenvalue weighted by molar-refractivity contribution is 6.33. The molecular formula is C30H32ClFN8O4. The molecule has 3 saturated heterocycles. The minimum absolute atomic E-state index is 0.174. The molecule has 0 aliphatic carbocycles. The van der Waals surface area contributed by atoms with Crippen LogP contribution in [0.2, 0.25) is 5.02 Å². The van der Waals surface area contributed by atoms with Crippen LogP contribution in [0.3, 0.4) is 0 Å². The van der Waals surface area contributed by atoms with E-state index >= 15 is 0 Å². The SMILES string of the molecule is N#Cc1cc(-c2ncnc(Nc3ccc(N4CCN(C5COC5)CC4)c(Cl)c3)n2)ccc1O[C@H]1CCN(C(=O)CO)CC1F. The number of aliphatic hydroxyl groups is 1. The summed E-state index contributed by atoms with van der Waals surface area (Å²) in [5.41, 5.74) is 2.45. The predicted octanol–water partition coefficient (Wildman–Crippen LogP) is 2.64. The number of aliphatic hydroxyl groups excluding tert-OH is 1. The monoisotopic (exact) mass is 622 g/mol. The van der Waals surface area contributed by atoms with E-state index in [0.717, 1.165) is 50.8 Å². The molecule has 4 heterocycles. The lowest BCUT2D eigenvalue weighted by Crippen LogP contribution is -2.56. The number of amides is 1. The molecule has 6 rings (SSSR count). The summed E-state index contributed by atoms with van der Waals surface area (Å²) in [5, 5.41) is 22.6. The number of halogens is 2. The van der Waals surface area contributed by atoms with E-state index in [1.54, 1.807) is 18.2 Å². The highest BCUT2D eigenvalue weighted by Gasteiger charge is 2.33. The number of carbonyl (C=O) groups is 1. The van der Waals surface area contributed by atoms with Gasteiger partial charge < -0.3 is 29.7 Å². The van der Waals surface area contributed by atoms with Crippen LogP contribution in [0.4, 0.5) is 21.7 Å². The Morgan fingerprint density at radius 3 is 2.66 bits per heavy atom. The number of piperazine rings is 1. The minimum atomic E-state index is -1.46. The van der Waals surface area contributed by atoms with Crippen molar-refractivity contribution in [3.8, 4) is 23.2 Å². The Bertz CT molecular complexity index is 1550. The van der Waals surface area contributed by atoms with Gasteiger partial charge in [0.15, 0.2) is 12.0 Å². The van der Waals surface area contributed by atoms with Gasteiger partial charge in [0.2, 0.25) is 11.9 Å². The molecule has 2 aromatic carbocycles. The van der Waals surface area contributed by atoms with E-state index in [-0.39, 0.29) is 30.8 Å². The molecular weight excluding hydrogens is 591 g/mol. The molecule has 3 aliphatic rings. The van der Waals surface area contributed by atoms with Crippen LogP contribution in [0.15, 0.2) is 42.7 Å². The smallest absolute Gasteiger partial charge is 0.248 e. The van der Waals surface area contributed by atoms with Crippen LogP contribution in [-0.4, -0.2) is 113 Å². The van der Waals surface area contributed by atoms with Gasteiger partial charge in [0.05, 0.1) is 42.1 Å². The summed E-state index contributed by atoms with van der Waals surface area (Å²) in [6, 6.07) is 13.2. The highest BCUT2D eigenvalue weighted by atomic mass is 35.5. The lowest BCUT2D eigenvalue weighted by molar-refractivity contribution is -0.138. The number of ether oxygens (including phenoxy) is 2. The summed E-state index contributed by atoms with van der Waals surface area (Å²) in [4.78, 5) is 30.7. The fourth-order valence-corrected chi connectivity index (χ4v) is 5.89. The molecule has 0 radical (unpaired) electrons. The number of likely N-dealkylation sites (tertiary alicyclic amines) is 1. The summed E-state index contributed by atoms with van der Waals surface area (Å²) in [6.45, 7) is 4.79. The number of nitriles is 1. The van der Waals surface area contributed by atoms with Crippen LogP contribution in [0.5, 0.6) is 5.75 Å². The number of nitrogens with zero attached hydrogens (tertiary/aromatic N) is 7. The molecule has 0 bridgehead atoms. The van der Waals surface area contributed by atoms with Gasteiger partial charge in [0.1, 0.15) is 30.9 Å². The van der Waals surface area contributed by atoms with E-state index in [4.69, 9.17) is 26.2 Å². The van der Waals surface area contributed by atoms with Gasteiger partial charge in [-0.2, -0.15) is 10.2 Å². The van der Waals surface area contributed by atoms with Crippen LogP contribution in [0.25, 0.3) is 11.4 Å². The Hall–Kier alpha value is -4.09. The van der Waals surface area contributed by atoms with Gasteiger partial charge in [-0.15, -0.1) is 0 Å². The first-order valence-electron chi connectivity index (χ1n) is 14.5. The molecule has 1 aromatic heterocycles. The first kappa shape index (κ1) is 30.0. The third-order valence-electron chi connectivity index (χ3n) is 8.17. The Morgan fingerprint density at radius 2 is 1.98 bits per heavy atom. The average molecular weight is 623 g/mol. The van der Waals surface area contributed by atoms with Crippen LogP contribution in [0, 0.1) is 11.3 Å². The second-order valence-electron chi connectivity index (χ2n) is 10.9. The lowest BCUT2D eigenvalue weighted by Gasteiger charge is -2.43. The van der Waals surface area contributed by atoms with Crippen LogP contribution in [0.1, 0.15) is 12.0 Å². The van der Waals surface area contributed by atoms with Crippen molar-refractivity contribution in [3.05, 3.63) is 53.3 Å². The highest BCUT2D eigenvalue weighted by Crippen LogP contribution is 2.32. The number of nitrogens with one attached hydrogen (secondary N) is 1. The van der Waals surface area contributed by atoms with Crippen molar-refractivity contribution in [1.82, 2.24) is 24.8 Å². The number of hydrogen-bond donors (Lipinski definition) is 2. The molecule has 3 fully saturated rings. The summed E-state index contributed by atoms with van der Waals surface area (Å²) in [5.74, 6) is 0.344. The summed E-state index contributed by atoms with van der Waals surface area (Å²) < 4.78 is 25.9. The van der Waals surface area contributed by atoms with Crippen molar-refractivity contribution in [1.29, 1.82) is 5.26 Å². The van der Waals surface area contributed by atoms with Crippen LogP contribution < -0.4 is 15.0 Å². The molecule has 0 saturated carbocycles. The lowest BCUT2D eigenvalue weighted by atomic mass is 10.0. The molecule has 230 valence electrons. The molecule has 3 aromatic rings. The normalized spacial score (nSPS) is 21.0. The van der Waals surface area contributed by atoms with E-state index in [0.29, 0.717) is 28.4 Å². The maximum Gasteiger partial charge on any atom is 0.248 e. The second-order valence-corrected chi connectivity index (χ2v) is 11.3. The number of alkyl halides is 1. The minimum Gasteiger partial charge on any atom is -0.486 e. The topological polar surface area (TPSA) is 140 Å². The fourth-order valence-electron chi connectivity index (χ4n) is 5.59. The van der Waals surface area contributed by atoms with Gasteiger partial charge >= 0.3 is 0 Å². The largest absolute Gasteiger partial charge is 0.486 e. The number of anilines is 3. The zero-order valence-corrected chi connectivity index (χ0v) is 24.7. The predicted molar refractivity (Wildman–Crippen MR) is 161 cm³/mol. The third-order valence-corrected chi connectivity index (χ3v) is 8.48. The van der Waals surface area contributed by atoms with E-state index in [1.807, 2.05) is 18.2 Å². The molecule has 1 amide bonds. The van der Waals surface area contributed by atoms with Crippen molar-refractivity contribution in [2.75, 3.05) is 69.3 Å². The van der Waals surface area contributed by atoms with Gasteiger partial charge in [0, 0.05) is 50.4 Å². The maximum atomic E-state index is 14.7. The summed E-state index contributed by atoms with van der Waals surface area (Å²) in [7, 11) is 0. The van der Waals surface area contributed by atoms with E-state index in [9.17, 15) is 14.4 Å². The summed E-state index contributed by atoms with van der Waals surface area (Å²) >= 11 is 6.69. The first-order chi connectivity index (χ1) is 21.4. The number of rotatable bonds is 8. The van der Waals surface area contributed by atoms with Gasteiger partial charge in [0.25, 0.3) is 0 Å². The molecule has 44 heavy (non-hydrogen) atoms. The van der Waals surface area contributed by atoms with Gasteiger partial charge in [-0.25, -0.2) is 14.4 Å². The van der Waals surface area contributed by atoms with Crippen LogP contribution >= 0.6 is 11.6 Å². The zero-order valence-electron chi connectivity index (χ0n) is 23.9. The molecule has 2 atom stereocenters. The van der Waals surface area contributed by atoms with Crippen molar-refractivity contribution in [2.24, 2.45) is 0 Å². The number of piperidine rings is 1. The average Bonchev–Trinajstić information content (AvgIpc) is 3.01. The van der Waals surface area contributed by atoms with E-state index in [1.165, 1.54) is 11.2 Å². The third kappa shape index (κ3) is 6.53. The standard InChI is InChI=1S/C30H32ClFN8O4/c31-23-12-21(2-3-25(23)39-9-7-38(8-10-39)22-16-43-17-22)36-30-35-18-34-29(37-30)19-1-4-26(20(11-19)13-33)44-27-5-6-40(14-24(27)32)28(42)15-41/h1-4,11-12,18,22,24,27,41H,5-10,14-17H2,(H,34,35,36,37)/t24?,27-/m0/s1. The fraction of sp³-hybridized carbons (Fsp3) is 0.433. The Labute approximate surface area is 259 Å². The van der Waals surface area contributed by atoms with E-state index in [2.05, 4.69) is 36.1 Å². The molecule has 0 spiro atoms. The zero-order chi connectivity index (χ0) is 30.6. The first-order valence-corrected chi connectivity index (χ1v) is 14.9. The maximum absolute atomic E-state index is 14.7. The number of aromatic nitrogens is 3. The van der Waals surface area contributed by atoms with Gasteiger partial charge in [-0.05, 0) is 36.4 Å². The number of benzene rings is 2. The second kappa shape index (κ2) is 13.3. The Morgan fingerprint density at radius 1 is 1.16 bits per heavy atom. The molecule has 2 N–H and O–H groups in total. The van der Waals surface area contributed by atoms with Crippen molar-refractivity contribution < 1.29 is 23.8 Å². The molecule has 12 nitrogen and oxygen atoms in total. The Kier molecular flexibility index (Phi) is 9.04. The summed E-state index contributed by atoms with van der Waals surface area (Å²) in [6.07, 6.45) is -0.671. The molecule has 14 heteroatoms. The van der Waals surface area contributed by atoms with Crippen molar-refractivity contribution in [2.45, 2.75) is 24.7 Å². The Balaban J connectivity index is 1.10. The molecule has 3 aliphatic heterocycles.